The third kappa shape index (κ3) is 4.95. The van der Waals surface area contributed by atoms with Gasteiger partial charge in [0, 0.05) is 24.7 Å². The molecule has 6 nitrogen and oxygen atoms in total. The molecule has 1 saturated carbocycles. The molecular formula is C18H26N2O4S. The fraction of sp³-hybridized carbons (Fsp3) is 0.611. The SMILES string of the molecule is CC1CCC(NS(=O)(=O)CC(=O)N2CCC=C(c3ccco3)C2)CC1. The molecule has 0 bridgehead atoms. The lowest BCUT2D eigenvalue weighted by atomic mass is 9.88. The highest BCUT2D eigenvalue weighted by molar-refractivity contribution is 7.90. The van der Waals surface area contributed by atoms with Crippen LogP contribution in [0.25, 0.3) is 5.57 Å². The Morgan fingerprint density at radius 1 is 1.32 bits per heavy atom. The van der Waals surface area contributed by atoms with Crippen molar-refractivity contribution < 1.29 is 17.6 Å². The number of amides is 1. The standard InChI is InChI=1S/C18H26N2O4S/c1-14-6-8-16(9-7-14)19-25(22,23)13-18(21)20-10-2-4-15(12-20)17-5-3-11-24-17/h3-5,11,14,16,19H,2,6-10,12-13H2,1H3. The largest absolute Gasteiger partial charge is 0.465 e. The van der Waals surface area contributed by atoms with Gasteiger partial charge in [-0.05, 0) is 50.2 Å². The predicted molar refractivity (Wildman–Crippen MR) is 96.2 cm³/mol. The van der Waals surface area contributed by atoms with E-state index in [0.29, 0.717) is 25.4 Å². The number of nitrogens with zero attached hydrogens (tertiary/aromatic N) is 1. The second-order valence-electron chi connectivity index (χ2n) is 7.14. The molecule has 1 amide bonds. The van der Waals surface area contributed by atoms with E-state index in [4.69, 9.17) is 4.42 Å². The van der Waals surface area contributed by atoms with Gasteiger partial charge in [0.2, 0.25) is 15.9 Å². The van der Waals surface area contributed by atoms with Crippen molar-refractivity contribution in [2.45, 2.75) is 45.1 Å². The summed E-state index contributed by atoms with van der Waals surface area (Å²) in [6, 6.07) is 3.62. The molecule has 1 aliphatic carbocycles. The fourth-order valence-corrected chi connectivity index (χ4v) is 4.86. The van der Waals surface area contributed by atoms with Gasteiger partial charge in [-0.1, -0.05) is 13.0 Å². The van der Waals surface area contributed by atoms with Crippen molar-refractivity contribution in [3.63, 3.8) is 0 Å². The van der Waals surface area contributed by atoms with Crippen molar-refractivity contribution in [1.82, 2.24) is 9.62 Å². The van der Waals surface area contributed by atoms with Crippen molar-refractivity contribution in [2.24, 2.45) is 5.92 Å². The molecule has 1 aliphatic heterocycles. The van der Waals surface area contributed by atoms with Crippen LogP contribution in [0.1, 0.15) is 44.8 Å². The van der Waals surface area contributed by atoms with E-state index in [-0.39, 0.29) is 11.9 Å². The van der Waals surface area contributed by atoms with Crippen LogP contribution in [0.3, 0.4) is 0 Å². The Balaban J connectivity index is 1.55. The molecular weight excluding hydrogens is 340 g/mol. The van der Waals surface area contributed by atoms with Crippen molar-refractivity contribution in [3.05, 3.63) is 30.2 Å². The van der Waals surface area contributed by atoms with E-state index >= 15 is 0 Å². The van der Waals surface area contributed by atoms with Crippen LogP contribution >= 0.6 is 0 Å². The van der Waals surface area contributed by atoms with E-state index in [2.05, 4.69) is 11.6 Å². The Hall–Kier alpha value is -1.60. The van der Waals surface area contributed by atoms with Crippen molar-refractivity contribution in [3.8, 4) is 0 Å². The summed E-state index contributed by atoms with van der Waals surface area (Å²) in [4.78, 5) is 14.1. The van der Waals surface area contributed by atoms with Crippen molar-refractivity contribution in [2.75, 3.05) is 18.8 Å². The van der Waals surface area contributed by atoms with Crippen LogP contribution in [-0.2, 0) is 14.8 Å². The molecule has 2 aliphatic rings. The predicted octanol–water partition coefficient (Wildman–Crippen LogP) is 2.39. The first-order chi connectivity index (χ1) is 11.9. The van der Waals surface area contributed by atoms with E-state index in [0.717, 1.165) is 37.0 Å². The maximum absolute atomic E-state index is 12.5. The quantitative estimate of drug-likeness (QED) is 0.868. The summed E-state index contributed by atoms with van der Waals surface area (Å²) in [6.45, 7) is 3.12. The highest BCUT2D eigenvalue weighted by Gasteiger charge is 2.28. The van der Waals surface area contributed by atoms with Gasteiger partial charge in [0.15, 0.2) is 0 Å². The zero-order valence-electron chi connectivity index (χ0n) is 14.6. The molecule has 2 heterocycles. The summed E-state index contributed by atoms with van der Waals surface area (Å²) in [6.07, 6.45) is 8.10. The average molecular weight is 366 g/mol. The van der Waals surface area contributed by atoms with Crippen LogP contribution in [0.4, 0.5) is 0 Å². The minimum absolute atomic E-state index is 0.0334. The first-order valence-corrected chi connectivity index (χ1v) is 10.6. The number of hydrogen-bond donors (Lipinski definition) is 1. The van der Waals surface area contributed by atoms with Crippen LogP contribution < -0.4 is 4.72 Å². The Morgan fingerprint density at radius 2 is 2.08 bits per heavy atom. The zero-order chi connectivity index (χ0) is 17.9. The maximum atomic E-state index is 12.5. The molecule has 1 fully saturated rings. The summed E-state index contributed by atoms with van der Waals surface area (Å²) in [5.74, 6) is 0.552. The highest BCUT2D eigenvalue weighted by atomic mass is 32.2. The number of nitrogens with one attached hydrogen (secondary N) is 1. The summed E-state index contributed by atoms with van der Waals surface area (Å²) in [5.41, 5.74) is 0.927. The summed E-state index contributed by atoms with van der Waals surface area (Å²) in [5, 5.41) is 0. The second-order valence-corrected chi connectivity index (χ2v) is 8.90. The van der Waals surface area contributed by atoms with Gasteiger partial charge in [0.1, 0.15) is 11.5 Å². The molecule has 1 aromatic heterocycles. The third-order valence-electron chi connectivity index (χ3n) is 5.02. The second kappa shape index (κ2) is 7.74. The van der Waals surface area contributed by atoms with Crippen LogP contribution in [0.5, 0.6) is 0 Å². The molecule has 7 heteroatoms. The van der Waals surface area contributed by atoms with Crippen LogP contribution in [0, 0.1) is 5.92 Å². The third-order valence-corrected chi connectivity index (χ3v) is 6.34. The van der Waals surface area contributed by atoms with E-state index < -0.39 is 15.8 Å². The van der Waals surface area contributed by atoms with E-state index in [9.17, 15) is 13.2 Å². The van der Waals surface area contributed by atoms with E-state index in [1.165, 1.54) is 0 Å². The van der Waals surface area contributed by atoms with Gasteiger partial charge in [0.05, 0.1) is 6.26 Å². The number of sulfonamides is 1. The van der Waals surface area contributed by atoms with E-state index in [1.54, 1.807) is 17.2 Å². The molecule has 0 unspecified atom stereocenters. The molecule has 0 saturated heterocycles. The van der Waals surface area contributed by atoms with Crippen molar-refractivity contribution >= 4 is 21.5 Å². The average Bonchev–Trinajstić information content (AvgIpc) is 3.11. The monoisotopic (exact) mass is 366 g/mol. The van der Waals surface area contributed by atoms with E-state index in [1.807, 2.05) is 12.1 Å². The Bertz CT molecular complexity index is 716. The fourth-order valence-electron chi connectivity index (χ4n) is 3.52. The number of carbonyl (C=O) groups is 1. The minimum atomic E-state index is -3.60. The first kappa shape index (κ1) is 18.2. The van der Waals surface area contributed by atoms with Crippen LogP contribution in [0.2, 0.25) is 0 Å². The Kier molecular flexibility index (Phi) is 5.64. The molecule has 3 rings (SSSR count). The summed E-state index contributed by atoms with van der Waals surface area (Å²) >= 11 is 0. The lowest BCUT2D eigenvalue weighted by Crippen LogP contribution is -2.44. The van der Waals surface area contributed by atoms with Gasteiger partial charge in [0.25, 0.3) is 0 Å². The highest BCUT2D eigenvalue weighted by Crippen LogP contribution is 2.24. The molecule has 1 N–H and O–H groups in total. The lowest BCUT2D eigenvalue weighted by molar-refractivity contribution is -0.127. The molecule has 0 aromatic carbocycles. The molecule has 0 radical (unpaired) electrons. The van der Waals surface area contributed by atoms with Gasteiger partial charge >= 0.3 is 0 Å². The van der Waals surface area contributed by atoms with Gasteiger partial charge in [-0.15, -0.1) is 0 Å². The number of furan rings is 1. The van der Waals surface area contributed by atoms with Gasteiger partial charge in [-0.2, -0.15) is 0 Å². The minimum Gasteiger partial charge on any atom is -0.465 e. The van der Waals surface area contributed by atoms with Gasteiger partial charge in [-0.25, -0.2) is 13.1 Å². The number of hydrogen-bond acceptors (Lipinski definition) is 4. The maximum Gasteiger partial charge on any atom is 0.239 e. The normalized spacial score (nSPS) is 24.8. The molecule has 0 spiro atoms. The smallest absolute Gasteiger partial charge is 0.239 e. The van der Waals surface area contributed by atoms with Crippen LogP contribution in [0.15, 0.2) is 28.9 Å². The topological polar surface area (TPSA) is 79.6 Å². The zero-order valence-corrected chi connectivity index (χ0v) is 15.4. The summed E-state index contributed by atoms with van der Waals surface area (Å²) in [7, 11) is -3.60. The molecule has 1 aromatic rings. The Morgan fingerprint density at radius 3 is 2.76 bits per heavy atom. The number of carbonyl (C=O) groups excluding carboxylic acids is 1. The number of rotatable bonds is 5. The van der Waals surface area contributed by atoms with Crippen LogP contribution in [-0.4, -0.2) is 44.1 Å². The Labute approximate surface area is 149 Å². The molecule has 25 heavy (non-hydrogen) atoms. The van der Waals surface area contributed by atoms with Gasteiger partial charge < -0.3 is 9.32 Å². The van der Waals surface area contributed by atoms with Crippen molar-refractivity contribution in [1.29, 1.82) is 0 Å². The molecule has 138 valence electrons. The summed E-state index contributed by atoms with van der Waals surface area (Å²) < 4.78 is 32.8. The molecule has 0 atom stereocenters. The lowest BCUT2D eigenvalue weighted by Gasteiger charge is -2.28. The van der Waals surface area contributed by atoms with Gasteiger partial charge in [-0.3, -0.25) is 4.79 Å². The first-order valence-electron chi connectivity index (χ1n) is 8.93.